The molecule has 0 radical (unpaired) electrons. The van der Waals surface area contributed by atoms with Gasteiger partial charge in [0.05, 0.1) is 12.0 Å². The number of pyridine rings is 1. The lowest BCUT2D eigenvalue weighted by atomic mass is 10.2. The second kappa shape index (κ2) is 8.59. The molecule has 0 aliphatic heterocycles. The molecule has 3 rings (SSSR count). The summed E-state index contributed by atoms with van der Waals surface area (Å²) in [6, 6.07) is 10.9. The van der Waals surface area contributed by atoms with Crippen LogP contribution in [0.5, 0.6) is 0 Å². The van der Waals surface area contributed by atoms with Gasteiger partial charge >= 0.3 is 0 Å². The Kier molecular flexibility index (Phi) is 5.98. The SMILES string of the molecule is Cn1c(SCC(=O)N/N=C/c2ccncc2)nnc1-c1ccc(Cl)cc1. The van der Waals surface area contributed by atoms with E-state index in [9.17, 15) is 4.79 Å². The molecule has 0 atom stereocenters. The van der Waals surface area contributed by atoms with Crippen LogP contribution in [0.1, 0.15) is 5.56 Å². The standard InChI is InChI=1S/C17H15ClN6OS/c1-24-16(13-2-4-14(18)5-3-13)22-23-17(24)26-11-15(25)21-20-10-12-6-8-19-9-7-12/h2-10H,11H2,1H3,(H,21,25)/b20-10+. The third kappa shape index (κ3) is 4.68. The molecule has 9 heteroatoms. The van der Waals surface area contributed by atoms with Crippen LogP contribution in [0.2, 0.25) is 5.02 Å². The molecule has 0 saturated heterocycles. The molecule has 2 aromatic heterocycles. The number of hydrazone groups is 1. The molecule has 0 spiro atoms. The number of thioether (sulfide) groups is 1. The monoisotopic (exact) mass is 386 g/mol. The van der Waals surface area contributed by atoms with Crippen molar-refractivity contribution in [2.75, 3.05) is 5.75 Å². The van der Waals surface area contributed by atoms with Gasteiger partial charge in [-0.25, -0.2) is 5.43 Å². The second-order valence-corrected chi connectivity index (χ2v) is 6.61. The lowest BCUT2D eigenvalue weighted by Crippen LogP contribution is -2.19. The summed E-state index contributed by atoms with van der Waals surface area (Å²) in [6.07, 6.45) is 4.88. The number of carbonyl (C=O) groups excluding carboxylic acids is 1. The number of rotatable bonds is 6. The number of nitrogens with zero attached hydrogens (tertiary/aromatic N) is 5. The third-order valence-corrected chi connectivity index (χ3v) is 4.65. The van der Waals surface area contributed by atoms with Gasteiger partial charge in [0, 0.05) is 30.0 Å². The molecule has 0 saturated carbocycles. The summed E-state index contributed by atoms with van der Waals surface area (Å²) in [5.41, 5.74) is 4.24. The predicted molar refractivity (Wildman–Crippen MR) is 102 cm³/mol. The summed E-state index contributed by atoms with van der Waals surface area (Å²) in [5, 5.41) is 13.5. The van der Waals surface area contributed by atoms with Crippen LogP contribution in [0.3, 0.4) is 0 Å². The van der Waals surface area contributed by atoms with Crippen LogP contribution >= 0.6 is 23.4 Å². The number of hydrogen-bond donors (Lipinski definition) is 1. The number of aromatic nitrogens is 4. The molecular weight excluding hydrogens is 372 g/mol. The number of carbonyl (C=O) groups is 1. The minimum Gasteiger partial charge on any atom is -0.305 e. The fraction of sp³-hybridized carbons (Fsp3) is 0.118. The Morgan fingerprint density at radius 1 is 1.23 bits per heavy atom. The number of halogens is 1. The average Bonchev–Trinajstić information content (AvgIpc) is 3.02. The van der Waals surface area contributed by atoms with Gasteiger partial charge in [0.15, 0.2) is 11.0 Å². The highest BCUT2D eigenvalue weighted by Gasteiger charge is 2.12. The van der Waals surface area contributed by atoms with Gasteiger partial charge < -0.3 is 4.57 Å². The average molecular weight is 387 g/mol. The zero-order valence-electron chi connectivity index (χ0n) is 13.8. The summed E-state index contributed by atoms with van der Waals surface area (Å²) < 4.78 is 1.83. The molecule has 0 aliphatic carbocycles. The highest BCUT2D eigenvalue weighted by Crippen LogP contribution is 2.23. The quantitative estimate of drug-likeness (QED) is 0.400. The van der Waals surface area contributed by atoms with E-state index < -0.39 is 0 Å². The Labute approximate surface area is 159 Å². The number of nitrogens with one attached hydrogen (secondary N) is 1. The normalized spacial score (nSPS) is 11.0. The van der Waals surface area contributed by atoms with Crippen LogP contribution in [0.4, 0.5) is 0 Å². The summed E-state index contributed by atoms with van der Waals surface area (Å²) in [4.78, 5) is 15.8. The van der Waals surface area contributed by atoms with Gasteiger partial charge in [-0.2, -0.15) is 5.10 Å². The molecule has 1 amide bonds. The van der Waals surface area contributed by atoms with Gasteiger partial charge in [0.25, 0.3) is 5.91 Å². The molecule has 132 valence electrons. The smallest absolute Gasteiger partial charge is 0.250 e. The van der Waals surface area contributed by atoms with E-state index >= 15 is 0 Å². The van der Waals surface area contributed by atoms with E-state index in [1.54, 1.807) is 42.9 Å². The predicted octanol–water partition coefficient (Wildman–Crippen LogP) is 2.77. The number of hydrogen-bond acceptors (Lipinski definition) is 6. The highest BCUT2D eigenvalue weighted by atomic mass is 35.5. The Hall–Kier alpha value is -2.71. The molecule has 0 unspecified atom stereocenters. The van der Waals surface area contributed by atoms with E-state index in [0.717, 1.165) is 11.1 Å². The van der Waals surface area contributed by atoms with E-state index in [1.165, 1.54) is 11.8 Å². The summed E-state index contributed by atoms with van der Waals surface area (Å²) >= 11 is 7.19. The summed E-state index contributed by atoms with van der Waals surface area (Å²) in [7, 11) is 1.85. The fourth-order valence-corrected chi connectivity index (χ4v) is 2.91. The number of benzene rings is 1. The Morgan fingerprint density at radius 3 is 2.69 bits per heavy atom. The van der Waals surface area contributed by atoms with Crippen LogP contribution in [-0.4, -0.2) is 37.6 Å². The Bertz CT molecular complexity index is 911. The van der Waals surface area contributed by atoms with Gasteiger partial charge in [-0.15, -0.1) is 10.2 Å². The molecule has 3 aromatic rings. The van der Waals surface area contributed by atoms with E-state index in [0.29, 0.717) is 16.0 Å². The van der Waals surface area contributed by atoms with Gasteiger partial charge in [-0.05, 0) is 42.0 Å². The van der Waals surface area contributed by atoms with Crippen molar-refractivity contribution in [2.24, 2.45) is 12.1 Å². The zero-order chi connectivity index (χ0) is 18.4. The molecule has 1 aromatic carbocycles. The van der Waals surface area contributed by atoms with E-state index in [-0.39, 0.29) is 11.7 Å². The van der Waals surface area contributed by atoms with E-state index in [4.69, 9.17) is 11.6 Å². The maximum absolute atomic E-state index is 11.9. The Morgan fingerprint density at radius 2 is 1.96 bits per heavy atom. The molecule has 2 heterocycles. The minimum atomic E-state index is -0.226. The lowest BCUT2D eigenvalue weighted by Gasteiger charge is -2.03. The first-order valence-electron chi connectivity index (χ1n) is 7.63. The van der Waals surface area contributed by atoms with Gasteiger partial charge in [-0.1, -0.05) is 23.4 Å². The van der Waals surface area contributed by atoms with E-state index in [2.05, 4.69) is 25.7 Å². The van der Waals surface area contributed by atoms with Crippen LogP contribution < -0.4 is 5.43 Å². The highest BCUT2D eigenvalue weighted by molar-refractivity contribution is 7.99. The maximum atomic E-state index is 11.9. The summed E-state index contributed by atoms with van der Waals surface area (Å²) in [6.45, 7) is 0. The third-order valence-electron chi connectivity index (χ3n) is 3.38. The van der Waals surface area contributed by atoms with Crippen molar-refractivity contribution in [3.8, 4) is 11.4 Å². The largest absolute Gasteiger partial charge is 0.305 e. The van der Waals surface area contributed by atoms with Crippen LogP contribution in [-0.2, 0) is 11.8 Å². The van der Waals surface area contributed by atoms with Crippen molar-refractivity contribution in [3.63, 3.8) is 0 Å². The fourth-order valence-electron chi connectivity index (χ4n) is 2.08. The van der Waals surface area contributed by atoms with Crippen LogP contribution in [0.15, 0.2) is 59.0 Å². The molecule has 0 bridgehead atoms. The first-order chi connectivity index (χ1) is 12.6. The molecule has 1 N–H and O–H groups in total. The topological polar surface area (TPSA) is 85.1 Å². The zero-order valence-corrected chi connectivity index (χ0v) is 15.4. The van der Waals surface area contributed by atoms with Crippen LogP contribution in [0, 0.1) is 0 Å². The molecule has 26 heavy (non-hydrogen) atoms. The first kappa shape index (κ1) is 18.1. The van der Waals surface area contributed by atoms with Gasteiger partial charge in [0.1, 0.15) is 0 Å². The van der Waals surface area contributed by atoms with Crippen molar-refractivity contribution >= 4 is 35.5 Å². The minimum absolute atomic E-state index is 0.181. The number of amides is 1. The maximum Gasteiger partial charge on any atom is 0.250 e. The van der Waals surface area contributed by atoms with Gasteiger partial charge in [0.2, 0.25) is 0 Å². The molecular formula is C17H15ClN6OS. The first-order valence-corrected chi connectivity index (χ1v) is 9.00. The molecule has 0 fully saturated rings. The van der Waals surface area contributed by atoms with Crippen molar-refractivity contribution in [2.45, 2.75) is 5.16 Å². The van der Waals surface area contributed by atoms with E-state index in [1.807, 2.05) is 23.7 Å². The van der Waals surface area contributed by atoms with Crippen LogP contribution in [0.25, 0.3) is 11.4 Å². The van der Waals surface area contributed by atoms with Crippen molar-refractivity contribution in [1.82, 2.24) is 25.2 Å². The molecule has 0 aliphatic rings. The van der Waals surface area contributed by atoms with Crippen molar-refractivity contribution in [3.05, 3.63) is 59.4 Å². The van der Waals surface area contributed by atoms with Crippen molar-refractivity contribution in [1.29, 1.82) is 0 Å². The van der Waals surface area contributed by atoms with Gasteiger partial charge in [-0.3, -0.25) is 9.78 Å². The Balaban J connectivity index is 1.55. The lowest BCUT2D eigenvalue weighted by molar-refractivity contribution is -0.118. The summed E-state index contributed by atoms with van der Waals surface area (Å²) in [5.74, 6) is 0.664. The van der Waals surface area contributed by atoms with Crippen molar-refractivity contribution < 1.29 is 4.79 Å². The molecule has 7 nitrogen and oxygen atoms in total. The second-order valence-electron chi connectivity index (χ2n) is 5.23.